The molecule has 0 aliphatic heterocycles. The van der Waals surface area contributed by atoms with Crippen LogP contribution in [0.3, 0.4) is 0 Å². The van der Waals surface area contributed by atoms with Gasteiger partial charge in [-0.05, 0) is 37.9 Å². The second-order valence-electron chi connectivity index (χ2n) is 3.10. The van der Waals surface area contributed by atoms with Gasteiger partial charge in [0.2, 0.25) is 5.88 Å². The maximum absolute atomic E-state index is 11.9. The van der Waals surface area contributed by atoms with Crippen LogP contribution in [-0.4, -0.2) is 21.1 Å². The Bertz CT molecular complexity index is 553. The van der Waals surface area contributed by atoms with Crippen LogP contribution < -0.4 is 4.74 Å². The molecule has 0 spiro atoms. The SMILES string of the molecule is FC(F)(F)Oc1ccc(-n2nc(Br)cc2Br)cn1. The highest BCUT2D eigenvalue weighted by molar-refractivity contribution is 9.11. The fourth-order valence-corrected chi connectivity index (χ4v) is 2.37. The first kappa shape index (κ1) is 13.3. The number of ether oxygens (including phenoxy) is 1. The number of halogens is 5. The van der Waals surface area contributed by atoms with Gasteiger partial charge in [-0.15, -0.1) is 13.2 Å². The lowest BCUT2D eigenvalue weighted by atomic mass is 10.4. The molecule has 2 aromatic rings. The second-order valence-corrected chi connectivity index (χ2v) is 4.73. The molecule has 0 saturated heterocycles. The third-order valence-electron chi connectivity index (χ3n) is 1.82. The Labute approximate surface area is 116 Å². The fourth-order valence-electron chi connectivity index (χ4n) is 1.19. The van der Waals surface area contributed by atoms with Crippen molar-refractivity contribution in [3.8, 4) is 11.6 Å². The van der Waals surface area contributed by atoms with Crippen LogP contribution in [-0.2, 0) is 0 Å². The van der Waals surface area contributed by atoms with Crippen molar-refractivity contribution in [2.45, 2.75) is 6.36 Å². The van der Waals surface area contributed by atoms with Crippen LogP contribution in [0.25, 0.3) is 5.69 Å². The zero-order valence-corrected chi connectivity index (χ0v) is 11.6. The van der Waals surface area contributed by atoms with E-state index in [2.05, 4.69) is 46.7 Å². The van der Waals surface area contributed by atoms with Gasteiger partial charge in [0.15, 0.2) is 0 Å². The number of aromatic nitrogens is 3. The van der Waals surface area contributed by atoms with Crippen LogP contribution in [0.15, 0.2) is 33.6 Å². The highest BCUT2D eigenvalue weighted by Crippen LogP contribution is 2.23. The Hall–Kier alpha value is -1.09. The van der Waals surface area contributed by atoms with Gasteiger partial charge in [-0.25, -0.2) is 9.67 Å². The van der Waals surface area contributed by atoms with Crippen molar-refractivity contribution in [1.29, 1.82) is 0 Å². The first-order chi connectivity index (χ1) is 8.35. The molecular weight excluding hydrogens is 383 g/mol. The number of hydrogen-bond donors (Lipinski definition) is 0. The normalized spacial score (nSPS) is 11.6. The summed E-state index contributed by atoms with van der Waals surface area (Å²) in [6.45, 7) is 0. The van der Waals surface area contributed by atoms with Crippen molar-refractivity contribution in [2.24, 2.45) is 0 Å². The van der Waals surface area contributed by atoms with Gasteiger partial charge in [-0.2, -0.15) is 5.10 Å². The van der Waals surface area contributed by atoms with Crippen LogP contribution >= 0.6 is 31.9 Å². The molecule has 0 fully saturated rings. The molecule has 4 nitrogen and oxygen atoms in total. The topological polar surface area (TPSA) is 39.9 Å². The molecule has 0 saturated carbocycles. The Morgan fingerprint density at radius 2 is 1.94 bits per heavy atom. The summed E-state index contributed by atoms with van der Waals surface area (Å²) < 4.78 is 42.2. The minimum absolute atomic E-state index is 0.502. The van der Waals surface area contributed by atoms with Crippen molar-refractivity contribution in [1.82, 2.24) is 14.8 Å². The summed E-state index contributed by atoms with van der Waals surface area (Å²) in [4.78, 5) is 3.55. The predicted octanol–water partition coefficient (Wildman–Crippen LogP) is 3.69. The maximum Gasteiger partial charge on any atom is 0.574 e. The number of hydrogen-bond acceptors (Lipinski definition) is 3. The Kier molecular flexibility index (Phi) is 3.62. The molecule has 0 aliphatic rings. The molecular formula is C9H4Br2F3N3O. The molecule has 9 heteroatoms. The van der Waals surface area contributed by atoms with Crippen LogP contribution in [0, 0.1) is 0 Å². The van der Waals surface area contributed by atoms with E-state index in [-0.39, 0.29) is 0 Å². The summed E-state index contributed by atoms with van der Waals surface area (Å²) in [6.07, 6.45) is -3.52. The summed E-state index contributed by atoms with van der Waals surface area (Å²) in [7, 11) is 0. The molecule has 18 heavy (non-hydrogen) atoms. The zero-order valence-electron chi connectivity index (χ0n) is 8.45. The van der Waals surface area contributed by atoms with E-state index in [0.29, 0.717) is 14.9 Å². The van der Waals surface area contributed by atoms with E-state index in [4.69, 9.17) is 0 Å². The van der Waals surface area contributed by atoms with E-state index in [9.17, 15) is 13.2 Å². The summed E-state index contributed by atoms with van der Waals surface area (Å²) in [6, 6.07) is 4.23. The van der Waals surface area contributed by atoms with Gasteiger partial charge >= 0.3 is 6.36 Å². The van der Waals surface area contributed by atoms with Crippen LogP contribution in [0.5, 0.6) is 5.88 Å². The minimum atomic E-state index is -4.75. The predicted molar refractivity (Wildman–Crippen MR) is 63.4 cm³/mol. The summed E-state index contributed by atoms with van der Waals surface area (Å²) in [5.74, 6) is -0.520. The molecule has 0 radical (unpaired) electrons. The lowest BCUT2D eigenvalue weighted by molar-refractivity contribution is -0.276. The molecule has 2 heterocycles. The molecule has 2 aromatic heterocycles. The molecule has 0 atom stereocenters. The first-order valence-electron chi connectivity index (χ1n) is 4.48. The van der Waals surface area contributed by atoms with Gasteiger partial charge < -0.3 is 4.74 Å². The van der Waals surface area contributed by atoms with Gasteiger partial charge in [0.05, 0.1) is 11.9 Å². The fraction of sp³-hybridized carbons (Fsp3) is 0.111. The molecule has 96 valence electrons. The van der Waals surface area contributed by atoms with Crippen molar-refractivity contribution in [3.63, 3.8) is 0 Å². The highest BCUT2D eigenvalue weighted by atomic mass is 79.9. The average Bonchev–Trinajstić information content (AvgIpc) is 2.57. The molecule has 0 aromatic carbocycles. The molecule has 0 aliphatic carbocycles. The molecule has 0 amide bonds. The lowest BCUT2D eigenvalue weighted by Gasteiger charge is -2.08. The largest absolute Gasteiger partial charge is 0.574 e. The Morgan fingerprint density at radius 3 is 2.39 bits per heavy atom. The Morgan fingerprint density at radius 1 is 1.22 bits per heavy atom. The van der Waals surface area contributed by atoms with Crippen molar-refractivity contribution >= 4 is 31.9 Å². The van der Waals surface area contributed by atoms with E-state index in [1.165, 1.54) is 16.9 Å². The van der Waals surface area contributed by atoms with E-state index in [1.54, 1.807) is 6.07 Å². The summed E-state index contributed by atoms with van der Waals surface area (Å²) in [5, 5.41) is 4.07. The summed E-state index contributed by atoms with van der Waals surface area (Å²) >= 11 is 6.43. The monoisotopic (exact) mass is 385 g/mol. The van der Waals surface area contributed by atoms with Gasteiger partial charge in [0, 0.05) is 12.1 Å². The van der Waals surface area contributed by atoms with Crippen molar-refractivity contribution in [2.75, 3.05) is 0 Å². The standard InChI is InChI=1S/C9H4Br2F3N3O/c10-6-3-7(11)17(16-6)5-1-2-8(15-4-5)18-9(12,13)14/h1-4H. The van der Waals surface area contributed by atoms with Crippen LogP contribution in [0.1, 0.15) is 0 Å². The average molecular weight is 387 g/mol. The number of rotatable bonds is 2. The van der Waals surface area contributed by atoms with E-state index in [0.717, 1.165) is 6.07 Å². The van der Waals surface area contributed by atoms with Gasteiger partial charge in [0.1, 0.15) is 9.21 Å². The maximum atomic E-state index is 11.9. The quantitative estimate of drug-likeness (QED) is 0.790. The molecule has 0 bridgehead atoms. The van der Waals surface area contributed by atoms with Gasteiger partial charge in [0.25, 0.3) is 0 Å². The molecule has 0 unspecified atom stereocenters. The van der Waals surface area contributed by atoms with Crippen molar-refractivity contribution in [3.05, 3.63) is 33.6 Å². The van der Waals surface area contributed by atoms with E-state index >= 15 is 0 Å². The number of pyridine rings is 1. The van der Waals surface area contributed by atoms with Crippen molar-refractivity contribution < 1.29 is 17.9 Å². The van der Waals surface area contributed by atoms with Crippen LogP contribution in [0.4, 0.5) is 13.2 Å². The number of alkyl halides is 3. The third-order valence-corrected chi connectivity index (χ3v) is 2.77. The minimum Gasteiger partial charge on any atom is -0.388 e. The summed E-state index contributed by atoms with van der Waals surface area (Å²) in [5.41, 5.74) is 0.502. The number of nitrogens with zero attached hydrogens (tertiary/aromatic N) is 3. The highest BCUT2D eigenvalue weighted by Gasteiger charge is 2.31. The second kappa shape index (κ2) is 4.88. The van der Waals surface area contributed by atoms with E-state index < -0.39 is 12.2 Å². The van der Waals surface area contributed by atoms with Gasteiger partial charge in [-0.3, -0.25) is 0 Å². The lowest BCUT2D eigenvalue weighted by Crippen LogP contribution is -2.17. The zero-order chi connectivity index (χ0) is 13.3. The molecule has 0 N–H and O–H groups in total. The van der Waals surface area contributed by atoms with Crippen LogP contribution in [0.2, 0.25) is 0 Å². The third kappa shape index (κ3) is 3.22. The van der Waals surface area contributed by atoms with E-state index in [1.807, 2.05) is 0 Å². The molecule has 2 rings (SSSR count). The van der Waals surface area contributed by atoms with Gasteiger partial charge in [-0.1, -0.05) is 0 Å². The Balaban J connectivity index is 2.25. The first-order valence-corrected chi connectivity index (χ1v) is 6.07. The smallest absolute Gasteiger partial charge is 0.388 e.